The molecule has 19 heavy (non-hydrogen) atoms. The van der Waals surface area contributed by atoms with Crippen molar-refractivity contribution in [1.82, 2.24) is 9.97 Å². The second-order valence-electron chi connectivity index (χ2n) is 3.72. The molecule has 0 saturated heterocycles. The lowest BCUT2D eigenvalue weighted by Crippen LogP contribution is -2.12. The quantitative estimate of drug-likeness (QED) is 0.780. The molecule has 4 N–H and O–H groups in total. The Morgan fingerprint density at radius 1 is 1.26 bits per heavy atom. The van der Waals surface area contributed by atoms with Gasteiger partial charge in [0.25, 0.3) is 5.56 Å². The Morgan fingerprint density at radius 3 is 2.63 bits per heavy atom. The molecule has 0 radical (unpaired) electrons. The Hall–Kier alpha value is -2.51. The van der Waals surface area contributed by atoms with Crippen molar-refractivity contribution in [2.45, 2.75) is 6.18 Å². The summed E-state index contributed by atoms with van der Waals surface area (Å²) in [5.41, 5.74) is 4.20. The fraction of sp³-hybridized carbons (Fsp3) is 0.0909. The van der Waals surface area contributed by atoms with Crippen LogP contribution in [0.15, 0.2) is 35.1 Å². The largest absolute Gasteiger partial charge is 0.416 e. The van der Waals surface area contributed by atoms with Crippen LogP contribution in [-0.2, 0) is 6.18 Å². The van der Waals surface area contributed by atoms with Crippen molar-refractivity contribution in [3.63, 3.8) is 0 Å². The van der Waals surface area contributed by atoms with Gasteiger partial charge in [-0.1, -0.05) is 6.07 Å². The number of rotatable bonds is 2. The molecule has 8 heteroatoms. The van der Waals surface area contributed by atoms with Gasteiger partial charge in [-0.25, -0.2) is 0 Å². The number of nitrogens with zero attached hydrogens (tertiary/aromatic N) is 1. The predicted octanol–water partition coefficient (Wildman–Crippen LogP) is 2.11. The highest BCUT2D eigenvalue weighted by Crippen LogP contribution is 2.31. The van der Waals surface area contributed by atoms with Crippen LogP contribution >= 0.6 is 0 Å². The molecular formula is C11H9F3N4O. The topological polar surface area (TPSA) is 83.8 Å². The standard InChI is InChI=1S/C11H9F3N4O/c12-11(13,14)6-2-1-3-7(4-6)16-10-17-8(15)5-9(19)18-10/h1-5H,(H4,15,16,17,18,19). The third-order valence-corrected chi connectivity index (χ3v) is 2.21. The van der Waals surface area contributed by atoms with Gasteiger partial charge in [0.1, 0.15) is 5.82 Å². The van der Waals surface area contributed by atoms with Crippen molar-refractivity contribution in [1.29, 1.82) is 0 Å². The lowest BCUT2D eigenvalue weighted by molar-refractivity contribution is -0.137. The maximum absolute atomic E-state index is 12.5. The van der Waals surface area contributed by atoms with E-state index in [1.807, 2.05) is 0 Å². The van der Waals surface area contributed by atoms with Gasteiger partial charge in [-0.3, -0.25) is 9.78 Å². The van der Waals surface area contributed by atoms with Gasteiger partial charge in [-0.15, -0.1) is 0 Å². The van der Waals surface area contributed by atoms with Crippen LogP contribution in [0.2, 0.25) is 0 Å². The van der Waals surface area contributed by atoms with Gasteiger partial charge < -0.3 is 11.1 Å². The van der Waals surface area contributed by atoms with Crippen LogP contribution in [0.5, 0.6) is 0 Å². The van der Waals surface area contributed by atoms with E-state index in [4.69, 9.17) is 5.73 Å². The molecule has 0 aliphatic carbocycles. The second-order valence-corrected chi connectivity index (χ2v) is 3.72. The predicted molar refractivity (Wildman–Crippen MR) is 64.0 cm³/mol. The number of aromatic nitrogens is 2. The maximum atomic E-state index is 12.5. The first-order valence-electron chi connectivity index (χ1n) is 5.16. The number of alkyl halides is 3. The fourth-order valence-corrected chi connectivity index (χ4v) is 1.45. The molecule has 0 unspecified atom stereocenters. The summed E-state index contributed by atoms with van der Waals surface area (Å²) in [6.07, 6.45) is -4.44. The number of nitrogen functional groups attached to an aromatic ring is 1. The Morgan fingerprint density at radius 2 is 2.00 bits per heavy atom. The molecule has 1 aromatic heterocycles. The smallest absolute Gasteiger partial charge is 0.383 e. The molecule has 5 nitrogen and oxygen atoms in total. The summed E-state index contributed by atoms with van der Waals surface area (Å²) in [6, 6.07) is 5.58. The van der Waals surface area contributed by atoms with E-state index in [9.17, 15) is 18.0 Å². The van der Waals surface area contributed by atoms with Gasteiger partial charge in [0.05, 0.1) is 5.56 Å². The molecule has 0 bridgehead atoms. The van der Waals surface area contributed by atoms with E-state index < -0.39 is 17.3 Å². The van der Waals surface area contributed by atoms with E-state index in [1.165, 1.54) is 12.1 Å². The molecule has 0 fully saturated rings. The molecule has 2 rings (SSSR count). The molecule has 100 valence electrons. The Kier molecular flexibility index (Phi) is 3.16. The molecule has 0 spiro atoms. The van der Waals surface area contributed by atoms with Crippen LogP contribution in [-0.4, -0.2) is 9.97 Å². The van der Waals surface area contributed by atoms with Crippen LogP contribution in [0.1, 0.15) is 5.56 Å². The number of nitrogens with two attached hydrogens (primary N) is 1. The monoisotopic (exact) mass is 270 g/mol. The summed E-state index contributed by atoms with van der Waals surface area (Å²) in [7, 11) is 0. The van der Waals surface area contributed by atoms with Crippen molar-refractivity contribution < 1.29 is 13.2 Å². The molecule has 0 saturated carbocycles. The van der Waals surface area contributed by atoms with Gasteiger partial charge >= 0.3 is 6.18 Å². The minimum atomic E-state index is -4.44. The number of benzene rings is 1. The van der Waals surface area contributed by atoms with Gasteiger partial charge in [0.15, 0.2) is 0 Å². The van der Waals surface area contributed by atoms with E-state index in [-0.39, 0.29) is 17.5 Å². The molecule has 2 aromatic rings. The summed E-state index contributed by atoms with van der Waals surface area (Å²) < 4.78 is 37.5. The molecule has 1 aromatic carbocycles. The summed E-state index contributed by atoms with van der Waals surface area (Å²) in [5, 5.41) is 2.55. The zero-order valence-corrected chi connectivity index (χ0v) is 9.45. The van der Waals surface area contributed by atoms with Gasteiger partial charge in [-0.05, 0) is 18.2 Å². The van der Waals surface area contributed by atoms with Gasteiger partial charge in [0.2, 0.25) is 5.95 Å². The molecule has 0 amide bonds. The number of hydrogen-bond acceptors (Lipinski definition) is 4. The average molecular weight is 270 g/mol. The van der Waals surface area contributed by atoms with E-state index in [0.29, 0.717) is 0 Å². The molecule has 0 aliphatic rings. The Bertz CT molecular complexity index is 651. The number of aromatic amines is 1. The minimum absolute atomic E-state index is 0.0238. The van der Waals surface area contributed by atoms with Crippen LogP contribution in [0.4, 0.5) is 30.6 Å². The zero-order chi connectivity index (χ0) is 14.0. The average Bonchev–Trinajstić information content (AvgIpc) is 2.26. The number of H-pyrrole nitrogens is 1. The first kappa shape index (κ1) is 12.9. The first-order valence-corrected chi connectivity index (χ1v) is 5.16. The van der Waals surface area contributed by atoms with Crippen LogP contribution in [0.25, 0.3) is 0 Å². The Balaban J connectivity index is 2.31. The van der Waals surface area contributed by atoms with Gasteiger partial charge in [0, 0.05) is 11.8 Å². The van der Waals surface area contributed by atoms with Crippen LogP contribution in [0.3, 0.4) is 0 Å². The normalized spacial score (nSPS) is 11.3. The summed E-state index contributed by atoms with van der Waals surface area (Å²) in [5.74, 6) is -0.0532. The second kappa shape index (κ2) is 4.63. The third kappa shape index (κ3) is 3.24. The van der Waals surface area contributed by atoms with E-state index in [2.05, 4.69) is 15.3 Å². The van der Waals surface area contributed by atoms with Crippen molar-refractivity contribution in [3.05, 3.63) is 46.2 Å². The molecular weight excluding hydrogens is 261 g/mol. The number of anilines is 3. The number of halogens is 3. The van der Waals surface area contributed by atoms with Crippen molar-refractivity contribution in [2.75, 3.05) is 11.1 Å². The van der Waals surface area contributed by atoms with E-state index in [1.54, 1.807) is 0 Å². The maximum Gasteiger partial charge on any atom is 0.416 e. The lowest BCUT2D eigenvalue weighted by atomic mass is 10.2. The highest BCUT2D eigenvalue weighted by atomic mass is 19.4. The third-order valence-electron chi connectivity index (χ3n) is 2.21. The van der Waals surface area contributed by atoms with Gasteiger partial charge in [-0.2, -0.15) is 18.2 Å². The van der Waals surface area contributed by atoms with Crippen molar-refractivity contribution in [2.24, 2.45) is 0 Å². The van der Waals surface area contributed by atoms with E-state index in [0.717, 1.165) is 18.2 Å². The summed E-state index contributed by atoms with van der Waals surface area (Å²) >= 11 is 0. The lowest BCUT2D eigenvalue weighted by Gasteiger charge is -2.10. The van der Waals surface area contributed by atoms with Crippen LogP contribution < -0.4 is 16.6 Å². The van der Waals surface area contributed by atoms with Crippen molar-refractivity contribution >= 4 is 17.5 Å². The first-order chi connectivity index (χ1) is 8.84. The minimum Gasteiger partial charge on any atom is -0.383 e. The summed E-state index contributed by atoms with van der Waals surface area (Å²) in [6.45, 7) is 0. The fourth-order valence-electron chi connectivity index (χ4n) is 1.45. The van der Waals surface area contributed by atoms with E-state index >= 15 is 0 Å². The summed E-state index contributed by atoms with van der Waals surface area (Å²) in [4.78, 5) is 17.2. The van der Waals surface area contributed by atoms with Crippen molar-refractivity contribution in [3.8, 4) is 0 Å². The Labute approximate surface area is 105 Å². The highest BCUT2D eigenvalue weighted by molar-refractivity contribution is 5.55. The number of nitrogens with one attached hydrogen (secondary N) is 2. The van der Waals surface area contributed by atoms with Crippen LogP contribution in [0, 0.1) is 0 Å². The number of hydrogen-bond donors (Lipinski definition) is 3. The highest BCUT2D eigenvalue weighted by Gasteiger charge is 2.30. The SMILES string of the molecule is Nc1cc(=O)[nH]c(Nc2cccc(C(F)(F)F)c2)n1. The zero-order valence-electron chi connectivity index (χ0n) is 9.45. The molecule has 0 aliphatic heterocycles. The molecule has 0 atom stereocenters. The molecule has 1 heterocycles.